The Morgan fingerprint density at radius 2 is 1.37 bits per heavy atom. The third-order valence-corrected chi connectivity index (χ3v) is 7.74. The normalized spacial score (nSPS) is 9.93. The SMILES string of the molecule is CCC[c-]1cccc1.CC[CH]=[Zr]([Cl])[Cl].c1ccc2c(c1)[cH-]c1ccccc12. The van der Waals surface area contributed by atoms with E-state index in [2.05, 4.69) is 85.8 Å². The maximum absolute atomic E-state index is 5.48. The van der Waals surface area contributed by atoms with Crippen molar-refractivity contribution in [2.75, 3.05) is 0 Å². The van der Waals surface area contributed by atoms with E-state index < -0.39 is 18.9 Å². The van der Waals surface area contributed by atoms with Gasteiger partial charge in [-0.25, -0.2) is 12.1 Å². The van der Waals surface area contributed by atoms with Crippen LogP contribution < -0.4 is 0 Å². The van der Waals surface area contributed by atoms with Gasteiger partial charge in [-0.15, -0.1) is 39.7 Å². The molecule has 0 aliphatic carbocycles. The zero-order valence-corrected chi connectivity index (χ0v) is 19.9. The zero-order chi connectivity index (χ0) is 19.5. The first-order valence-electron chi connectivity index (χ1n) is 9.40. The Morgan fingerprint density at radius 3 is 1.78 bits per heavy atom. The number of halogens is 2. The van der Waals surface area contributed by atoms with E-state index in [9.17, 15) is 0 Å². The fourth-order valence-electron chi connectivity index (χ4n) is 2.93. The van der Waals surface area contributed by atoms with Crippen molar-refractivity contribution in [1.82, 2.24) is 0 Å². The first kappa shape index (κ1) is 22.3. The predicted octanol–water partition coefficient (Wildman–Crippen LogP) is 8.19. The minimum atomic E-state index is -1.80. The third-order valence-electron chi connectivity index (χ3n) is 4.15. The second kappa shape index (κ2) is 12.5. The summed E-state index contributed by atoms with van der Waals surface area (Å²) in [6, 6.07) is 27.8. The summed E-state index contributed by atoms with van der Waals surface area (Å²) in [7, 11) is 11.0. The molecule has 4 aromatic carbocycles. The van der Waals surface area contributed by atoms with Crippen molar-refractivity contribution >= 4 is 42.3 Å². The number of rotatable bonds is 3. The molecule has 0 aromatic heterocycles. The average Bonchev–Trinajstić information content (AvgIpc) is 3.30. The number of hydrogen-bond acceptors (Lipinski definition) is 0. The number of fused-ring (bicyclic) bond motifs is 3. The molecule has 0 nitrogen and oxygen atoms in total. The van der Waals surface area contributed by atoms with E-state index >= 15 is 0 Å². The molecule has 0 saturated carbocycles. The van der Waals surface area contributed by atoms with Gasteiger partial charge in [0.05, 0.1) is 0 Å². The quantitative estimate of drug-likeness (QED) is 0.262. The first-order chi connectivity index (χ1) is 13.2. The molecule has 0 fully saturated rings. The van der Waals surface area contributed by atoms with Crippen LogP contribution in [0.15, 0.2) is 78.9 Å². The summed E-state index contributed by atoms with van der Waals surface area (Å²) >= 11 is -1.80. The van der Waals surface area contributed by atoms with E-state index in [0.717, 1.165) is 6.42 Å². The number of hydrogen-bond donors (Lipinski definition) is 0. The van der Waals surface area contributed by atoms with Gasteiger partial charge in [-0.05, 0) is 0 Å². The Labute approximate surface area is 177 Å². The minimum Gasteiger partial charge on any atom is -0.126 e. The molecule has 4 rings (SSSR count). The van der Waals surface area contributed by atoms with Crippen LogP contribution in [0.1, 0.15) is 32.3 Å². The van der Waals surface area contributed by atoms with Crippen LogP contribution in [-0.2, 0) is 25.3 Å². The molecule has 0 saturated heterocycles. The van der Waals surface area contributed by atoms with E-state index in [1.165, 1.54) is 39.9 Å². The Balaban J connectivity index is 0.000000162. The largest absolute Gasteiger partial charge is 0.126 e. The van der Waals surface area contributed by atoms with Crippen LogP contribution in [0.5, 0.6) is 0 Å². The van der Waals surface area contributed by atoms with Gasteiger partial charge in [0, 0.05) is 0 Å². The topological polar surface area (TPSA) is 0 Å². The van der Waals surface area contributed by atoms with E-state index in [-0.39, 0.29) is 0 Å². The maximum atomic E-state index is 5.48. The Morgan fingerprint density at radius 1 is 0.852 bits per heavy atom. The summed E-state index contributed by atoms with van der Waals surface area (Å²) in [6.45, 7) is 4.25. The second-order valence-corrected chi connectivity index (χ2v) is 14.7. The van der Waals surface area contributed by atoms with Crippen LogP contribution in [0.25, 0.3) is 21.5 Å². The first-order valence-corrected chi connectivity index (χ1v) is 17.2. The molecule has 4 aromatic rings. The van der Waals surface area contributed by atoms with Gasteiger partial charge in [0.25, 0.3) is 0 Å². The van der Waals surface area contributed by atoms with Gasteiger partial charge in [-0.2, -0.15) is 17.7 Å². The molecule has 0 bridgehead atoms. The smallest absolute Gasteiger partial charge is 0.0771 e. The summed E-state index contributed by atoms with van der Waals surface area (Å²) in [4.78, 5) is 0. The number of aryl methyl sites for hydroxylation is 1. The van der Waals surface area contributed by atoms with Gasteiger partial charge in [-0.3, -0.25) is 0 Å². The fraction of sp³-hybridized carbons (Fsp3) is 0.208. The summed E-state index contributed by atoms with van der Waals surface area (Å²) < 4.78 is 2.02. The van der Waals surface area contributed by atoms with E-state index in [1.807, 2.05) is 10.6 Å². The second-order valence-electron chi connectivity index (χ2n) is 6.26. The minimum absolute atomic E-state index is 1.03. The van der Waals surface area contributed by atoms with Crippen molar-refractivity contribution in [3.05, 3.63) is 84.4 Å². The van der Waals surface area contributed by atoms with Gasteiger partial charge in [-0.1, -0.05) is 56.2 Å². The standard InChI is InChI=1S/C13H9.C8H11.C3H6.2ClH.Zr/c1-3-7-12-10(5-1)9-11-6-2-4-8-13(11)12;1-2-5-8-6-3-4-7-8;1-3-2;;;/h1-9H;3-4,6-7H,2,5H2,1H3;1H,3H2,2H3;2*1H;/q2*-1;;;;+2/p-2. The van der Waals surface area contributed by atoms with Crippen LogP contribution in [0.4, 0.5) is 0 Å². The molecule has 27 heavy (non-hydrogen) atoms. The Kier molecular flexibility index (Phi) is 10.3. The summed E-state index contributed by atoms with van der Waals surface area (Å²) in [5.41, 5.74) is 1.47. The molecule has 0 unspecified atom stereocenters. The van der Waals surface area contributed by atoms with Gasteiger partial charge >= 0.3 is 53.0 Å². The van der Waals surface area contributed by atoms with E-state index in [1.54, 1.807) is 0 Å². The van der Waals surface area contributed by atoms with Crippen molar-refractivity contribution in [2.45, 2.75) is 33.1 Å². The molecule has 0 aliphatic heterocycles. The van der Waals surface area contributed by atoms with Crippen molar-refractivity contribution in [3.8, 4) is 0 Å². The molecule has 142 valence electrons. The van der Waals surface area contributed by atoms with Crippen LogP contribution in [-0.4, -0.2) is 3.71 Å². The zero-order valence-electron chi connectivity index (χ0n) is 16.0. The van der Waals surface area contributed by atoms with Gasteiger partial charge in [0.2, 0.25) is 0 Å². The van der Waals surface area contributed by atoms with Crippen molar-refractivity contribution < 1.29 is 18.9 Å². The number of benzene rings is 2. The summed E-state index contributed by atoms with van der Waals surface area (Å²) in [5.74, 6) is 0. The van der Waals surface area contributed by atoms with E-state index in [0.29, 0.717) is 0 Å². The third kappa shape index (κ3) is 7.49. The van der Waals surface area contributed by atoms with Crippen molar-refractivity contribution in [2.24, 2.45) is 0 Å². The van der Waals surface area contributed by atoms with Crippen molar-refractivity contribution in [3.63, 3.8) is 0 Å². The molecule has 0 N–H and O–H groups in total. The monoisotopic (exact) mass is 474 g/mol. The van der Waals surface area contributed by atoms with Crippen LogP contribution in [0, 0.1) is 0 Å². The Hall–Kier alpha value is -1.01. The predicted molar refractivity (Wildman–Crippen MR) is 121 cm³/mol. The van der Waals surface area contributed by atoms with Gasteiger partial charge in [0.1, 0.15) is 0 Å². The molecule has 0 atom stereocenters. The Bertz CT molecular complexity index is 895. The fourth-order valence-corrected chi connectivity index (χ4v) is 5.51. The van der Waals surface area contributed by atoms with Crippen LogP contribution in [0.2, 0.25) is 0 Å². The molecule has 0 spiro atoms. The molecular formula is C24H26Cl2Zr-2. The van der Waals surface area contributed by atoms with Gasteiger partial charge in [0.15, 0.2) is 0 Å². The molecule has 0 amide bonds. The van der Waals surface area contributed by atoms with Crippen LogP contribution in [0.3, 0.4) is 0 Å². The molecule has 3 heteroatoms. The maximum Gasteiger partial charge on any atom is -0.0771 e. The van der Waals surface area contributed by atoms with E-state index in [4.69, 9.17) is 17.0 Å². The average molecular weight is 477 g/mol. The molecular weight excluding hydrogens is 450 g/mol. The molecule has 0 radical (unpaired) electrons. The van der Waals surface area contributed by atoms with Crippen LogP contribution >= 0.6 is 17.0 Å². The summed E-state index contributed by atoms with van der Waals surface area (Å²) in [6.07, 6.45) is 3.51. The molecule has 0 aliphatic rings. The molecule has 0 heterocycles. The van der Waals surface area contributed by atoms with Gasteiger partial charge < -0.3 is 0 Å². The van der Waals surface area contributed by atoms with Crippen molar-refractivity contribution in [1.29, 1.82) is 0 Å². The summed E-state index contributed by atoms with van der Waals surface area (Å²) in [5, 5.41) is 5.39.